The maximum Gasteiger partial charge on any atom is 0.106 e. The summed E-state index contributed by atoms with van der Waals surface area (Å²) in [5.41, 5.74) is 1.13. The molecule has 1 aromatic heterocycles. The zero-order valence-corrected chi connectivity index (χ0v) is 11.7. The van der Waals surface area contributed by atoms with Gasteiger partial charge in [-0.1, -0.05) is 0 Å². The Labute approximate surface area is 111 Å². The molecule has 3 rings (SSSR count). The number of hydrogen-bond acceptors (Lipinski definition) is 3. The predicted molar refractivity (Wildman–Crippen MR) is 73.2 cm³/mol. The van der Waals surface area contributed by atoms with Gasteiger partial charge in [-0.25, -0.2) is 4.98 Å². The van der Waals surface area contributed by atoms with E-state index in [9.17, 15) is 0 Å². The number of anilines is 1. The lowest BCUT2D eigenvalue weighted by molar-refractivity contribution is 0.257. The minimum atomic E-state index is 0.577. The van der Waals surface area contributed by atoms with Crippen LogP contribution in [0.2, 0.25) is 0 Å². The number of nitrogens with one attached hydrogen (secondary N) is 1. The van der Waals surface area contributed by atoms with Gasteiger partial charge in [-0.2, -0.15) is 0 Å². The summed E-state index contributed by atoms with van der Waals surface area (Å²) >= 11 is 3.36. The third kappa shape index (κ3) is 2.63. The van der Waals surface area contributed by atoms with E-state index in [4.69, 9.17) is 0 Å². The molecule has 2 atom stereocenters. The van der Waals surface area contributed by atoms with E-state index >= 15 is 0 Å². The zero-order valence-electron chi connectivity index (χ0n) is 10.1. The van der Waals surface area contributed by atoms with Crippen molar-refractivity contribution in [1.29, 1.82) is 0 Å². The summed E-state index contributed by atoms with van der Waals surface area (Å²) in [5.74, 6) is 0. The fourth-order valence-corrected chi connectivity index (χ4v) is 3.01. The van der Waals surface area contributed by atoms with Gasteiger partial charge < -0.3 is 5.32 Å². The van der Waals surface area contributed by atoms with Gasteiger partial charge in [0.25, 0.3) is 0 Å². The SMILES string of the molecule is CC1CC(Nc2ccc(Br)nc2)CN1C1CC1. The fourth-order valence-electron chi connectivity index (χ4n) is 2.77. The van der Waals surface area contributed by atoms with Crippen molar-refractivity contribution in [1.82, 2.24) is 9.88 Å². The molecule has 17 heavy (non-hydrogen) atoms. The number of aromatic nitrogens is 1. The Morgan fingerprint density at radius 1 is 1.41 bits per heavy atom. The first-order valence-corrected chi connectivity index (χ1v) is 7.15. The van der Waals surface area contributed by atoms with Crippen LogP contribution >= 0.6 is 15.9 Å². The van der Waals surface area contributed by atoms with Crippen LogP contribution in [0.25, 0.3) is 0 Å². The third-order valence-corrected chi connectivity index (χ3v) is 4.21. The zero-order chi connectivity index (χ0) is 11.8. The predicted octanol–water partition coefficient (Wildman–Crippen LogP) is 2.88. The molecule has 0 radical (unpaired) electrons. The highest BCUT2D eigenvalue weighted by molar-refractivity contribution is 9.10. The quantitative estimate of drug-likeness (QED) is 0.869. The van der Waals surface area contributed by atoms with E-state index in [1.54, 1.807) is 0 Å². The van der Waals surface area contributed by atoms with Crippen LogP contribution in [0.3, 0.4) is 0 Å². The van der Waals surface area contributed by atoms with Crippen molar-refractivity contribution in [3.05, 3.63) is 22.9 Å². The molecule has 1 aliphatic carbocycles. The maximum atomic E-state index is 4.25. The number of nitrogens with zero attached hydrogens (tertiary/aromatic N) is 2. The Balaban J connectivity index is 1.61. The largest absolute Gasteiger partial charge is 0.380 e. The van der Waals surface area contributed by atoms with Gasteiger partial charge in [0.1, 0.15) is 4.60 Å². The van der Waals surface area contributed by atoms with Crippen molar-refractivity contribution in [3.8, 4) is 0 Å². The minimum absolute atomic E-state index is 0.577. The molecule has 0 bridgehead atoms. The number of halogens is 1. The van der Waals surface area contributed by atoms with Crippen LogP contribution in [0.1, 0.15) is 26.2 Å². The summed E-state index contributed by atoms with van der Waals surface area (Å²) < 4.78 is 0.891. The molecule has 1 aliphatic heterocycles. The molecule has 2 heterocycles. The van der Waals surface area contributed by atoms with E-state index in [0.29, 0.717) is 6.04 Å². The first-order chi connectivity index (χ1) is 8.22. The van der Waals surface area contributed by atoms with Crippen molar-refractivity contribution >= 4 is 21.6 Å². The summed E-state index contributed by atoms with van der Waals surface area (Å²) in [5, 5.41) is 3.59. The second kappa shape index (κ2) is 4.58. The highest BCUT2D eigenvalue weighted by atomic mass is 79.9. The molecular formula is C13H18BrN3. The number of rotatable bonds is 3. The highest BCUT2D eigenvalue weighted by Crippen LogP contribution is 2.34. The van der Waals surface area contributed by atoms with Gasteiger partial charge in [0.15, 0.2) is 0 Å². The summed E-state index contributed by atoms with van der Waals surface area (Å²) in [7, 11) is 0. The number of hydrogen-bond donors (Lipinski definition) is 1. The van der Waals surface area contributed by atoms with Gasteiger partial charge in [-0.15, -0.1) is 0 Å². The van der Waals surface area contributed by atoms with E-state index in [1.165, 1.54) is 25.8 Å². The molecule has 0 amide bonds. The second-order valence-electron chi connectivity index (χ2n) is 5.22. The summed E-state index contributed by atoms with van der Waals surface area (Å²) in [4.78, 5) is 6.90. The maximum absolute atomic E-state index is 4.25. The van der Waals surface area contributed by atoms with Crippen LogP contribution in [-0.4, -0.2) is 34.6 Å². The van der Waals surface area contributed by atoms with Crippen molar-refractivity contribution in [3.63, 3.8) is 0 Å². The van der Waals surface area contributed by atoms with Crippen LogP contribution in [0.5, 0.6) is 0 Å². The monoisotopic (exact) mass is 295 g/mol. The first kappa shape index (κ1) is 11.5. The molecule has 2 unspecified atom stereocenters. The smallest absolute Gasteiger partial charge is 0.106 e. The molecule has 1 saturated carbocycles. The lowest BCUT2D eigenvalue weighted by atomic mass is 10.2. The Hall–Kier alpha value is -0.610. The van der Waals surface area contributed by atoms with Gasteiger partial charge in [0.2, 0.25) is 0 Å². The average molecular weight is 296 g/mol. The molecule has 3 nitrogen and oxygen atoms in total. The van der Waals surface area contributed by atoms with Crippen molar-refractivity contribution < 1.29 is 0 Å². The Bertz CT molecular complexity index is 388. The number of pyridine rings is 1. The van der Waals surface area contributed by atoms with E-state index in [1.807, 2.05) is 12.3 Å². The van der Waals surface area contributed by atoms with Crippen LogP contribution in [-0.2, 0) is 0 Å². The fraction of sp³-hybridized carbons (Fsp3) is 0.615. The van der Waals surface area contributed by atoms with Crippen LogP contribution in [0.4, 0.5) is 5.69 Å². The van der Waals surface area contributed by atoms with Gasteiger partial charge in [-0.05, 0) is 54.2 Å². The van der Waals surface area contributed by atoms with Crippen LogP contribution in [0, 0.1) is 0 Å². The van der Waals surface area contributed by atoms with E-state index < -0.39 is 0 Å². The van der Waals surface area contributed by atoms with Crippen molar-refractivity contribution in [2.45, 2.75) is 44.3 Å². The molecule has 2 aliphatic rings. The topological polar surface area (TPSA) is 28.2 Å². The molecule has 2 fully saturated rings. The van der Waals surface area contributed by atoms with Gasteiger partial charge in [-0.3, -0.25) is 4.90 Å². The molecule has 0 spiro atoms. The van der Waals surface area contributed by atoms with E-state index in [0.717, 1.165) is 22.4 Å². The Morgan fingerprint density at radius 2 is 2.24 bits per heavy atom. The van der Waals surface area contributed by atoms with Gasteiger partial charge in [0.05, 0.1) is 11.9 Å². The van der Waals surface area contributed by atoms with Gasteiger partial charge in [0, 0.05) is 24.7 Å². The van der Waals surface area contributed by atoms with Crippen molar-refractivity contribution in [2.24, 2.45) is 0 Å². The number of likely N-dealkylation sites (tertiary alicyclic amines) is 1. The molecule has 1 aromatic rings. The molecule has 0 aromatic carbocycles. The normalized spacial score (nSPS) is 29.5. The van der Waals surface area contributed by atoms with Crippen LogP contribution in [0.15, 0.2) is 22.9 Å². The van der Waals surface area contributed by atoms with Crippen LogP contribution < -0.4 is 5.32 Å². The molecule has 1 saturated heterocycles. The summed E-state index contributed by atoms with van der Waals surface area (Å²) in [6.45, 7) is 3.53. The second-order valence-corrected chi connectivity index (χ2v) is 6.04. The summed E-state index contributed by atoms with van der Waals surface area (Å²) in [6, 6.07) is 6.25. The molecule has 1 N–H and O–H groups in total. The van der Waals surface area contributed by atoms with Gasteiger partial charge >= 0.3 is 0 Å². The Kier molecular flexibility index (Phi) is 3.09. The van der Waals surface area contributed by atoms with E-state index in [-0.39, 0.29) is 0 Å². The lowest BCUT2D eigenvalue weighted by Crippen LogP contribution is -2.31. The first-order valence-electron chi connectivity index (χ1n) is 6.36. The standard InChI is InChI=1S/C13H18BrN3/c1-9-6-11(8-17(9)12-3-4-12)16-10-2-5-13(14)15-7-10/h2,5,7,9,11-12,16H,3-4,6,8H2,1H3. The molecule has 4 heteroatoms. The van der Waals surface area contributed by atoms with E-state index in [2.05, 4.69) is 44.1 Å². The average Bonchev–Trinajstić information content (AvgIpc) is 3.08. The highest BCUT2D eigenvalue weighted by Gasteiger charge is 2.38. The Morgan fingerprint density at radius 3 is 2.88 bits per heavy atom. The third-order valence-electron chi connectivity index (χ3n) is 3.74. The summed E-state index contributed by atoms with van der Waals surface area (Å²) in [6.07, 6.45) is 5.94. The molecule has 92 valence electrons. The lowest BCUT2D eigenvalue weighted by Gasteiger charge is -2.19. The minimum Gasteiger partial charge on any atom is -0.380 e. The molecular weight excluding hydrogens is 278 g/mol. The van der Waals surface area contributed by atoms with Crippen molar-refractivity contribution in [2.75, 3.05) is 11.9 Å².